The summed E-state index contributed by atoms with van der Waals surface area (Å²) in [4.78, 5) is 12.8. The van der Waals surface area contributed by atoms with E-state index in [-0.39, 0.29) is 17.3 Å². The standard InChI is InChI=1S/C21H20O3/c1-14-10-17(12-15-2-6-19(22)7-3-15)21(24)18(11-14)13-16-4-8-20(23)9-5-16/h2-9,12-14,22-23H,10-11H2,1H3/b17-12-,18-13+. The molecule has 1 fully saturated rings. The summed E-state index contributed by atoms with van der Waals surface area (Å²) in [5.74, 6) is 0.908. The van der Waals surface area contributed by atoms with Crippen molar-refractivity contribution in [3.8, 4) is 11.5 Å². The molecule has 3 heteroatoms. The zero-order valence-electron chi connectivity index (χ0n) is 13.6. The van der Waals surface area contributed by atoms with Gasteiger partial charge in [-0.15, -0.1) is 0 Å². The molecule has 24 heavy (non-hydrogen) atoms. The molecule has 0 aromatic heterocycles. The maximum atomic E-state index is 12.8. The molecule has 0 saturated heterocycles. The molecule has 0 amide bonds. The highest BCUT2D eigenvalue weighted by Crippen LogP contribution is 2.32. The van der Waals surface area contributed by atoms with Crippen LogP contribution in [0.3, 0.4) is 0 Å². The first-order chi connectivity index (χ1) is 11.5. The summed E-state index contributed by atoms with van der Waals surface area (Å²) in [7, 11) is 0. The number of rotatable bonds is 2. The first-order valence-electron chi connectivity index (χ1n) is 8.05. The summed E-state index contributed by atoms with van der Waals surface area (Å²) < 4.78 is 0. The summed E-state index contributed by atoms with van der Waals surface area (Å²) in [6.07, 6.45) is 5.32. The number of allylic oxidation sites excluding steroid dienone is 2. The van der Waals surface area contributed by atoms with Crippen LogP contribution in [0.5, 0.6) is 11.5 Å². The number of ketones is 1. The number of benzene rings is 2. The summed E-state index contributed by atoms with van der Waals surface area (Å²) in [6.45, 7) is 2.14. The van der Waals surface area contributed by atoms with Crippen LogP contribution in [0, 0.1) is 5.92 Å². The number of aromatic hydroxyl groups is 2. The van der Waals surface area contributed by atoms with Crippen LogP contribution in [0.25, 0.3) is 12.2 Å². The summed E-state index contributed by atoms with van der Waals surface area (Å²) in [5, 5.41) is 18.7. The van der Waals surface area contributed by atoms with Gasteiger partial charge in [-0.1, -0.05) is 31.2 Å². The molecular weight excluding hydrogens is 300 g/mol. The first kappa shape index (κ1) is 16.1. The lowest BCUT2D eigenvalue weighted by molar-refractivity contribution is -0.113. The van der Waals surface area contributed by atoms with Crippen molar-refractivity contribution in [2.75, 3.05) is 0 Å². The fourth-order valence-electron chi connectivity index (χ4n) is 3.01. The third-order valence-corrected chi connectivity index (χ3v) is 4.19. The number of hydrogen-bond donors (Lipinski definition) is 2. The molecule has 1 aliphatic carbocycles. The molecule has 2 aromatic carbocycles. The van der Waals surface area contributed by atoms with E-state index in [1.807, 2.05) is 12.2 Å². The van der Waals surface area contributed by atoms with Crippen LogP contribution >= 0.6 is 0 Å². The van der Waals surface area contributed by atoms with Crippen molar-refractivity contribution in [1.29, 1.82) is 0 Å². The van der Waals surface area contributed by atoms with Crippen LogP contribution in [-0.4, -0.2) is 16.0 Å². The minimum atomic E-state index is 0.0780. The Kier molecular flexibility index (Phi) is 4.52. The minimum absolute atomic E-state index is 0.0780. The molecule has 3 nitrogen and oxygen atoms in total. The van der Waals surface area contributed by atoms with E-state index in [4.69, 9.17) is 0 Å². The Morgan fingerprint density at radius 2 is 1.17 bits per heavy atom. The summed E-state index contributed by atoms with van der Waals surface area (Å²) in [5.41, 5.74) is 3.41. The third kappa shape index (κ3) is 3.74. The van der Waals surface area contributed by atoms with E-state index in [9.17, 15) is 15.0 Å². The number of phenolic OH excluding ortho intramolecular Hbond substituents is 2. The van der Waals surface area contributed by atoms with E-state index in [0.717, 1.165) is 35.1 Å². The summed E-state index contributed by atoms with van der Waals surface area (Å²) >= 11 is 0. The molecule has 122 valence electrons. The Hall–Kier alpha value is -2.81. The lowest BCUT2D eigenvalue weighted by Gasteiger charge is -2.22. The molecule has 0 bridgehead atoms. The lowest BCUT2D eigenvalue weighted by atomic mass is 9.81. The molecule has 2 aromatic rings. The van der Waals surface area contributed by atoms with Crippen LogP contribution < -0.4 is 0 Å². The number of phenols is 2. The molecule has 0 spiro atoms. The number of carbonyl (C=O) groups is 1. The zero-order valence-corrected chi connectivity index (χ0v) is 13.6. The highest BCUT2D eigenvalue weighted by molar-refractivity contribution is 6.14. The Bertz CT molecular complexity index is 728. The Morgan fingerprint density at radius 3 is 1.54 bits per heavy atom. The van der Waals surface area contributed by atoms with E-state index in [0.29, 0.717) is 5.92 Å². The van der Waals surface area contributed by atoms with Crippen molar-refractivity contribution in [2.45, 2.75) is 19.8 Å². The highest BCUT2D eigenvalue weighted by atomic mass is 16.3. The molecule has 1 saturated carbocycles. The van der Waals surface area contributed by atoms with Gasteiger partial charge < -0.3 is 10.2 Å². The van der Waals surface area contributed by atoms with Crippen LogP contribution in [0.15, 0.2) is 59.7 Å². The van der Waals surface area contributed by atoms with Crippen LogP contribution in [0.4, 0.5) is 0 Å². The predicted octanol–water partition coefficient (Wildman–Crippen LogP) is 4.56. The van der Waals surface area contributed by atoms with E-state index in [1.165, 1.54) is 0 Å². The fourth-order valence-corrected chi connectivity index (χ4v) is 3.01. The molecule has 1 atom stereocenters. The van der Waals surface area contributed by atoms with Crippen molar-refractivity contribution in [3.63, 3.8) is 0 Å². The average Bonchev–Trinajstić information content (AvgIpc) is 2.56. The van der Waals surface area contributed by atoms with Crippen molar-refractivity contribution in [1.82, 2.24) is 0 Å². The second kappa shape index (κ2) is 6.75. The normalized spacial score (nSPS) is 21.4. The predicted molar refractivity (Wildman–Crippen MR) is 95.6 cm³/mol. The van der Waals surface area contributed by atoms with Gasteiger partial charge in [0.05, 0.1) is 0 Å². The maximum absolute atomic E-state index is 12.8. The zero-order chi connectivity index (χ0) is 17.1. The average molecular weight is 320 g/mol. The highest BCUT2D eigenvalue weighted by Gasteiger charge is 2.25. The molecule has 0 heterocycles. The topological polar surface area (TPSA) is 57.5 Å². The molecule has 0 radical (unpaired) electrons. The van der Waals surface area contributed by atoms with Crippen LogP contribution in [0.2, 0.25) is 0 Å². The largest absolute Gasteiger partial charge is 0.508 e. The van der Waals surface area contributed by atoms with E-state index in [2.05, 4.69) is 6.92 Å². The fraction of sp³-hybridized carbons (Fsp3) is 0.190. The van der Waals surface area contributed by atoms with Gasteiger partial charge >= 0.3 is 0 Å². The van der Waals surface area contributed by atoms with E-state index < -0.39 is 0 Å². The van der Waals surface area contributed by atoms with Crippen LogP contribution in [-0.2, 0) is 4.79 Å². The molecule has 1 aliphatic rings. The van der Waals surface area contributed by atoms with Gasteiger partial charge in [0, 0.05) is 11.1 Å². The number of carbonyl (C=O) groups excluding carboxylic acids is 1. The van der Waals surface area contributed by atoms with Crippen molar-refractivity contribution >= 4 is 17.9 Å². The maximum Gasteiger partial charge on any atom is 0.185 e. The molecule has 2 N–H and O–H groups in total. The van der Waals surface area contributed by atoms with E-state index in [1.54, 1.807) is 48.5 Å². The molecule has 0 aliphatic heterocycles. The lowest BCUT2D eigenvalue weighted by Crippen LogP contribution is -2.18. The van der Waals surface area contributed by atoms with Crippen molar-refractivity contribution in [2.24, 2.45) is 5.92 Å². The Labute approximate surface area is 141 Å². The van der Waals surface area contributed by atoms with Gasteiger partial charge in [-0.25, -0.2) is 0 Å². The minimum Gasteiger partial charge on any atom is -0.508 e. The smallest absolute Gasteiger partial charge is 0.185 e. The van der Waals surface area contributed by atoms with Gasteiger partial charge in [0.25, 0.3) is 0 Å². The first-order valence-corrected chi connectivity index (χ1v) is 8.05. The SMILES string of the molecule is CC1C/C(=C/c2ccc(O)cc2)C(=O)/C(=C/c2ccc(O)cc2)C1. The quantitative estimate of drug-likeness (QED) is 0.797. The Balaban J connectivity index is 1.90. The third-order valence-electron chi connectivity index (χ3n) is 4.19. The number of Topliss-reactive ketones (excluding diaryl/α,β-unsaturated/α-hetero) is 1. The second-order valence-electron chi connectivity index (χ2n) is 6.36. The molecule has 1 unspecified atom stereocenters. The van der Waals surface area contributed by atoms with Crippen LogP contribution in [0.1, 0.15) is 30.9 Å². The Morgan fingerprint density at radius 1 is 0.792 bits per heavy atom. The van der Waals surface area contributed by atoms with Crippen molar-refractivity contribution < 1.29 is 15.0 Å². The van der Waals surface area contributed by atoms with E-state index >= 15 is 0 Å². The van der Waals surface area contributed by atoms with Gasteiger partial charge in [0.2, 0.25) is 0 Å². The van der Waals surface area contributed by atoms with Gasteiger partial charge in [-0.3, -0.25) is 4.79 Å². The van der Waals surface area contributed by atoms with Gasteiger partial charge in [-0.05, 0) is 66.3 Å². The summed E-state index contributed by atoms with van der Waals surface area (Å²) in [6, 6.07) is 13.7. The molecule has 3 rings (SSSR count). The van der Waals surface area contributed by atoms with Gasteiger partial charge in [0.15, 0.2) is 5.78 Å². The van der Waals surface area contributed by atoms with Gasteiger partial charge in [-0.2, -0.15) is 0 Å². The monoisotopic (exact) mass is 320 g/mol. The van der Waals surface area contributed by atoms with Gasteiger partial charge in [0.1, 0.15) is 11.5 Å². The number of hydrogen-bond acceptors (Lipinski definition) is 3. The second-order valence-corrected chi connectivity index (χ2v) is 6.36. The van der Waals surface area contributed by atoms with Crippen molar-refractivity contribution in [3.05, 3.63) is 70.8 Å². The molecular formula is C21H20O3.